The molecule has 1 unspecified atom stereocenters. The maximum atomic E-state index is 11.7. The van der Waals surface area contributed by atoms with E-state index in [-0.39, 0.29) is 18.1 Å². The van der Waals surface area contributed by atoms with Gasteiger partial charge in [-0.05, 0) is 41.7 Å². The molecule has 8 heteroatoms. The molecule has 0 aliphatic carbocycles. The van der Waals surface area contributed by atoms with Crippen LogP contribution in [-0.4, -0.2) is 44.5 Å². The molecule has 8 nitrogen and oxygen atoms in total. The Balaban J connectivity index is 0.000000196. The quantitative estimate of drug-likeness (QED) is 0.529. The fourth-order valence-corrected chi connectivity index (χ4v) is 4.73. The van der Waals surface area contributed by atoms with Gasteiger partial charge in [-0.3, -0.25) is 9.59 Å². The minimum atomic E-state index is -0.855. The Morgan fingerprint density at radius 1 is 1.18 bits per heavy atom. The number of hydrogen-bond acceptors (Lipinski definition) is 6. The number of benzene rings is 1. The molecule has 2 aromatic heterocycles. The lowest BCUT2D eigenvalue weighted by molar-refractivity contribution is -0.137. The highest BCUT2D eigenvalue weighted by atomic mass is 16.5. The van der Waals surface area contributed by atoms with Crippen molar-refractivity contribution in [3.8, 4) is 5.75 Å². The van der Waals surface area contributed by atoms with Crippen molar-refractivity contribution in [3.05, 3.63) is 65.2 Å². The Bertz CT molecular complexity index is 1230. The normalized spacial score (nSPS) is 15.4. The lowest BCUT2D eigenvalue weighted by atomic mass is 9.94. The maximum Gasteiger partial charge on any atom is 0.304 e. The van der Waals surface area contributed by atoms with Crippen LogP contribution in [-0.2, 0) is 24.2 Å². The molecule has 34 heavy (non-hydrogen) atoms. The lowest BCUT2D eigenvalue weighted by Crippen LogP contribution is -2.33. The summed E-state index contributed by atoms with van der Waals surface area (Å²) in [6.45, 7) is 4.10. The van der Waals surface area contributed by atoms with Gasteiger partial charge in [-0.25, -0.2) is 9.97 Å². The van der Waals surface area contributed by atoms with Gasteiger partial charge in [0.05, 0.1) is 19.4 Å². The number of carboxylic acid groups (broad SMARTS) is 1. The Hall–Kier alpha value is -3.68. The molecule has 176 valence electrons. The second-order valence-corrected chi connectivity index (χ2v) is 8.90. The molecule has 4 aliphatic heterocycles. The molecule has 4 aliphatic rings. The van der Waals surface area contributed by atoms with E-state index in [0.29, 0.717) is 25.3 Å². The number of nitrogens with zero attached hydrogens (tertiary/aromatic N) is 4. The zero-order chi connectivity index (χ0) is 23.7. The average Bonchev–Trinajstić information content (AvgIpc) is 3.49. The Kier molecular flexibility index (Phi) is 6.04. The number of aromatic nitrogens is 3. The van der Waals surface area contributed by atoms with E-state index in [0.717, 1.165) is 23.3 Å². The molecule has 1 atom stereocenters. The van der Waals surface area contributed by atoms with Crippen molar-refractivity contribution in [2.75, 3.05) is 18.1 Å². The molecule has 1 N–H and O–H groups in total. The number of aliphatic carboxylic acids is 1. The van der Waals surface area contributed by atoms with Gasteiger partial charge >= 0.3 is 5.97 Å². The van der Waals surface area contributed by atoms with Crippen molar-refractivity contribution in [1.82, 2.24) is 14.5 Å². The van der Waals surface area contributed by atoms with Crippen molar-refractivity contribution < 1.29 is 19.4 Å². The van der Waals surface area contributed by atoms with E-state index in [9.17, 15) is 14.7 Å². The SMILES string of the molecule is CCC(=O)c1cn(CC(CC(=O)O)c2ccc3c(c2)OCC3)cn1.c1cc2c3nc1N3CCC2. The summed E-state index contributed by atoms with van der Waals surface area (Å²) in [5.41, 5.74) is 3.94. The van der Waals surface area contributed by atoms with Crippen LogP contribution in [0.25, 0.3) is 0 Å². The number of aryl methyl sites for hydroxylation is 1. The predicted octanol–water partition coefficient (Wildman–Crippen LogP) is 4.15. The largest absolute Gasteiger partial charge is 0.493 e. The molecular weight excluding hydrogens is 432 g/mol. The molecule has 0 saturated carbocycles. The fraction of sp³-hybridized carbons (Fsp3) is 0.385. The lowest BCUT2D eigenvalue weighted by Gasteiger charge is -2.36. The van der Waals surface area contributed by atoms with Gasteiger partial charge in [-0.15, -0.1) is 0 Å². The minimum absolute atomic E-state index is 0.00796. The van der Waals surface area contributed by atoms with Gasteiger partial charge in [0.15, 0.2) is 5.78 Å². The third-order valence-electron chi connectivity index (χ3n) is 6.59. The first-order valence-electron chi connectivity index (χ1n) is 11.8. The van der Waals surface area contributed by atoms with Gasteiger partial charge in [0.2, 0.25) is 0 Å². The van der Waals surface area contributed by atoms with Crippen molar-refractivity contribution >= 4 is 23.4 Å². The number of pyridine rings is 1. The number of carbonyl (C=O) groups excluding carboxylic acids is 1. The van der Waals surface area contributed by atoms with Crippen LogP contribution in [0.5, 0.6) is 5.75 Å². The Morgan fingerprint density at radius 2 is 2.03 bits per heavy atom. The summed E-state index contributed by atoms with van der Waals surface area (Å²) >= 11 is 0. The zero-order valence-corrected chi connectivity index (χ0v) is 19.2. The highest BCUT2D eigenvalue weighted by molar-refractivity contribution is 5.93. The second kappa shape index (κ2) is 9.29. The van der Waals surface area contributed by atoms with Crippen LogP contribution in [0.4, 0.5) is 11.6 Å². The van der Waals surface area contributed by atoms with Crippen LogP contribution in [0.3, 0.4) is 0 Å². The standard InChI is InChI=1S/C18H20N2O4.C8H8N2/c1-2-16(21)15-10-20(11-19-15)9-14(8-18(22)23)13-4-3-12-5-6-24-17(12)7-13;1-2-6-3-4-7-9-8(6)10(7)5-1/h3-4,7,10-11,14H,2,5-6,8-9H2,1H3,(H,22,23);3-4H,1-2,5H2. The molecule has 6 heterocycles. The zero-order valence-electron chi connectivity index (χ0n) is 19.2. The van der Waals surface area contributed by atoms with E-state index < -0.39 is 5.97 Å². The first-order valence-corrected chi connectivity index (χ1v) is 11.8. The predicted molar refractivity (Wildman–Crippen MR) is 127 cm³/mol. The molecule has 0 amide bonds. The van der Waals surface area contributed by atoms with Crippen LogP contribution in [0.15, 0.2) is 42.9 Å². The fourth-order valence-electron chi connectivity index (χ4n) is 4.73. The Labute approximate surface area is 198 Å². The molecule has 0 saturated heterocycles. The first-order chi connectivity index (χ1) is 16.5. The van der Waals surface area contributed by atoms with E-state index in [2.05, 4.69) is 27.0 Å². The van der Waals surface area contributed by atoms with Gasteiger partial charge in [0.25, 0.3) is 0 Å². The van der Waals surface area contributed by atoms with Crippen LogP contribution >= 0.6 is 0 Å². The summed E-state index contributed by atoms with van der Waals surface area (Å²) in [6.07, 6.45) is 7.09. The van der Waals surface area contributed by atoms with E-state index in [1.807, 2.05) is 18.2 Å². The van der Waals surface area contributed by atoms with Crippen molar-refractivity contribution in [2.45, 2.75) is 51.5 Å². The Morgan fingerprint density at radius 3 is 2.76 bits per heavy atom. The van der Waals surface area contributed by atoms with Gasteiger partial charge in [-0.2, -0.15) is 0 Å². The van der Waals surface area contributed by atoms with Gasteiger partial charge in [0, 0.05) is 38.0 Å². The summed E-state index contributed by atoms with van der Waals surface area (Å²) < 4.78 is 7.37. The van der Waals surface area contributed by atoms with Crippen LogP contribution in [0.1, 0.15) is 59.3 Å². The number of anilines is 2. The number of carbonyl (C=O) groups is 2. The van der Waals surface area contributed by atoms with Gasteiger partial charge in [0.1, 0.15) is 23.1 Å². The number of ether oxygens (including phenoxy) is 1. The number of fused-ring (bicyclic) bond motifs is 2. The van der Waals surface area contributed by atoms with Crippen LogP contribution in [0.2, 0.25) is 0 Å². The number of ketones is 1. The monoisotopic (exact) mass is 460 g/mol. The molecule has 0 spiro atoms. The van der Waals surface area contributed by atoms with Crippen molar-refractivity contribution in [2.24, 2.45) is 0 Å². The van der Waals surface area contributed by atoms with Gasteiger partial charge < -0.3 is 19.3 Å². The maximum absolute atomic E-state index is 11.7. The molecule has 1 aromatic carbocycles. The number of hydrogen-bond donors (Lipinski definition) is 1. The number of rotatable bonds is 7. The summed E-state index contributed by atoms with van der Waals surface area (Å²) in [5, 5.41) is 9.24. The number of carboxylic acids is 1. The molecule has 3 aromatic rings. The second-order valence-electron chi connectivity index (χ2n) is 8.90. The van der Waals surface area contributed by atoms with E-state index in [1.54, 1.807) is 24.0 Å². The highest BCUT2D eigenvalue weighted by Gasteiger charge is 2.28. The first kappa shape index (κ1) is 22.1. The summed E-state index contributed by atoms with van der Waals surface area (Å²) in [6, 6.07) is 10.2. The van der Waals surface area contributed by atoms with Gasteiger partial charge in [-0.1, -0.05) is 25.1 Å². The molecular formula is C26H28N4O4. The minimum Gasteiger partial charge on any atom is -0.493 e. The molecule has 7 rings (SSSR count). The van der Waals surface area contributed by atoms with Crippen LogP contribution < -0.4 is 9.64 Å². The third-order valence-corrected chi connectivity index (χ3v) is 6.59. The molecule has 0 fully saturated rings. The van der Waals surface area contributed by atoms with Crippen molar-refractivity contribution in [3.63, 3.8) is 0 Å². The van der Waals surface area contributed by atoms with E-state index >= 15 is 0 Å². The smallest absolute Gasteiger partial charge is 0.304 e. The molecule has 4 bridgehead atoms. The average molecular weight is 461 g/mol. The topological polar surface area (TPSA) is 97.5 Å². The summed E-state index contributed by atoms with van der Waals surface area (Å²) in [7, 11) is 0. The number of Topliss-reactive ketones (excluding diaryl/α,β-unsaturated/α-hetero) is 1. The summed E-state index contributed by atoms with van der Waals surface area (Å²) in [5.74, 6) is 2.16. The third kappa shape index (κ3) is 4.40. The van der Waals surface area contributed by atoms with E-state index in [4.69, 9.17) is 4.74 Å². The summed E-state index contributed by atoms with van der Waals surface area (Å²) in [4.78, 5) is 33.7. The van der Waals surface area contributed by atoms with E-state index in [1.165, 1.54) is 36.6 Å². The highest BCUT2D eigenvalue weighted by Crippen LogP contribution is 2.39. The van der Waals surface area contributed by atoms with Crippen molar-refractivity contribution in [1.29, 1.82) is 0 Å². The van der Waals surface area contributed by atoms with Crippen LogP contribution in [0, 0.1) is 0 Å². The number of imidazole rings is 1. The molecule has 0 radical (unpaired) electrons.